The van der Waals surface area contributed by atoms with Crippen LogP contribution in [-0.2, 0) is 24.2 Å². The van der Waals surface area contributed by atoms with E-state index >= 15 is 0 Å². The second-order valence-corrected chi connectivity index (χ2v) is 11.1. The molecule has 0 bridgehead atoms. The van der Waals surface area contributed by atoms with Crippen LogP contribution in [0.15, 0.2) is 65.6 Å². The quantitative estimate of drug-likeness (QED) is 0.411. The SMILES string of the molecule is COC(=O)c1[nH]c2ccccc2c1[C@H]1C=C[C@H]2OC(C)(C)O[C@H]2[C@@H]1NS(=O)(=O)c1ccc(C)cc1. The Kier molecular flexibility index (Phi) is 5.83. The molecule has 1 aliphatic carbocycles. The molecule has 0 radical (unpaired) electrons. The number of benzene rings is 2. The molecule has 0 spiro atoms. The Morgan fingerprint density at radius 1 is 1.06 bits per heavy atom. The van der Waals surface area contributed by atoms with E-state index in [1.807, 2.05) is 43.3 Å². The van der Waals surface area contributed by atoms with Crippen LogP contribution in [0.1, 0.15) is 41.4 Å². The van der Waals surface area contributed by atoms with Crippen molar-refractivity contribution in [2.75, 3.05) is 7.11 Å². The first-order chi connectivity index (χ1) is 16.6. The minimum Gasteiger partial charge on any atom is -0.464 e. The van der Waals surface area contributed by atoms with Crippen LogP contribution in [0.3, 0.4) is 0 Å². The number of aromatic amines is 1. The molecular weight excluding hydrogens is 468 g/mol. The molecule has 0 amide bonds. The van der Waals surface area contributed by atoms with Gasteiger partial charge in [-0.15, -0.1) is 0 Å². The van der Waals surface area contributed by atoms with Gasteiger partial charge in [0.15, 0.2) is 5.79 Å². The number of hydrogen-bond donors (Lipinski definition) is 2. The second kappa shape index (κ2) is 8.60. The molecule has 1 aromatic heterocycles. The summed E-state index contributed by atoms with van der Waals surface area (Å²) in [7, 11) is -2.60. The lowest BCUT2D eigenvalue weighted by Crippen LogP contribution is -2.52. The normalized spacial score (nSPS) is 25.5. The molecule has 2 N–H and O–H groups in total. The molecule has 8 nitrogen and oxygen atoms in total. The predicted octanol–water partition coefficient (Wildman–Crippen LogP) is 3.78. The van der Waals surface area contributed by atoms with Crippen molar-refractivity contribution in [2.45, 2.75) is 55.6 Å². The Balaban J connectivity index is 1.65. The first kappa shape index (κ1) is 23.7. The van der Waals surface area contributed by atoms with E-state index < -0.39 is 45.9 Å². The van der Waals surface area contributed by atoms with Crippen LogP contribution >= 0.6 is 0 Å². The van der Waals surface area contributed by atoms with Gasteiger partial charge < -0.3 is 19.2 Å². The number of hydrogen-bond acceptors (Lipinski definition) is 6. The number of para-hydroxylation sites is 1. The summed E-state index contributed by atoms with van der Waals surface area (Å²) in [6, 6.07) is 13.4. The summed E-state index contributed by atoms with van der Waals surface area (Å²) in [5, 5.41) is 0.804. The second-order valence-electron chi connectivity index (χ2n) is 9.39. The Morgan fingerprint density at radius 3 is 2.49 bits per heavy atom. The molecule has 5 rings (SSSR count). The van der Waals surface area contributed by atoms with Gasteiger partial charge in [0.05, 0.1) is 18.0 Å². The lowest BCUT2D eigenvalue weighted by Gasteiger charge is -2.35. The Bertz CT molecular complexity index is 1410. The van der Waals surface area contributed by atoms with E-state index in [1.54, 1.807) is 38.1 Å². The Labute approximate surface area is 204 Å². The third-order valence-corrected chi connectivity index (χ3v) is 7.98. The summed E-state index contributed by atoms with van der Waals surface area (Å²) in [6.45, 7) is 5.49. The number of aromatic nitrogens is 1. The number of H-pyrrole nitrogens is 1. The van der Waals surface area contributed by atoms with Gasteiger partial charge in [-0.2, -0.15) is 0 Å². The van der Waals surface area contributed by atoms with Crippen LogP contribution in [0.25, 0.3) is 10.9 Å². The number of fused-ring (bicyclic) bond motifs is 2. The maximum atomic E-state index is 13.5. The van der Waals surface area contributed by atoms with Crippen LogP contribution in [0.5, 0.6) is 0 Å². The molecule has 2 heterocycles. The highest BCUT2D eigenvalue weighted by atomic mass is 32.2. The van der Waals surface area contributed by atoms with Crippen molar-refractivity contribution in [2.24, 2.45) is 0 Å². The van der Waals surface area contributed by atoms with E-state index in [0.717, 1.165) is 16.5 Å². The molecule has 184 valence electrons. The van der Waals surface area contributed by atoms with Gasteiger partial charge in [-0.25, -0.2) is 17.9 Å². The smallest absolute Gasteiger partial charge is 0.354 e. The fourth-order valence-corrected chi connectivity index (χ4v) is 6.22. The third kappa shape index (κ3) is 4.29. The number of carbonyl (C=O) groups excluding carboxylic acids is 1. The summed E-state index contributed by atoms with van der Waals surface area (Å²) in [5.74, 6) is -1.96. The minimum absolute atomic E-state index is 0.151. The molecular formula is C26H28N2O6S. The van der Waals surface area contributed by atoms with E-state index in [4.69, 9.17) is 14.2 Å². The molecule has 1 saturated heterocycles. The standard InChI is InChI=1S/C26H28N2O6S/c1-15-9-11-16(12-10-15)35(30,31)28-22-18(13-14-20-24(22)34-26(2,3)33-20)21-17-7-5-6-8-19(17)27-23(21)25(29)32-4/h5-14,18,20,22,24,27-28H,1-4H3/t18-,20-,22-,24-/m1/s1. The Morgan fingerprint density at radius 2 is 1.77 bits per heavy atom. The number of methoxy groups -OCH3 is 1. The highest BCUT2D eigenvalue weighted by Gasteiger charge is 2.50. The fraction of sp³-hybridized carbons (Fsp3) is 0.346. The molecule has 4 atom stereocenters. The summed E-state index contributed by atoms with van der Waals surface area (Å²) in [6.07, 6.45) is 2.71. The maximum Gasteiger partial charge on any atom is 0.354 e. The van der Waals surface area contributed by atoms with E-state index in [-0.39, 0.29) is 10.6 Å². The van der Waals surface area contributed by atoms with Crippen molar-refractivity contribution in [3.05, 3.63) is 77.5 Å². The Hall–Kier alpha value is -2.98. The van der Waals surface area contributed by atoms with Crippen molar-refractivity contribution in [3.8, 4) is 0 Å². The van der Waals surface area contributed by atoms with Crippen molar-refractivity contribution in [1.82, 2.24) is 9.71 Å². The molecule has 35 heavy (non-hydrogen) atoms. The summed E-state index contributed by atoms with van der Waals surface area (Å²) in [4.78, 5) is 16.1. The molecule has 1 aliphatic heterocycles. The topological polar surface area (TPSA) is 107 Å². The van der Waals surface area contributed by atoms with Crippen molar-refractivity contribution >= 4 is 26.9 Å². The predicted molar refractivity (Wildman–Crippen MR) is 131 cm³/mol. The summed E-state index contributed by atoms with van der Waals surface area (Å²) >= 11 is 0. The zero-order valence-corrected chi connectivity index (χ0v) is 20.8. The largest absolute Gasteiger partial charge is 0.464 e. The van der Waals surface area contributed by atoms with Gasteiger partial charge in [0.2, 0.25) is 10.0 Å². The molecule has 3 aromatic rings. The average Bonchev–Trinajstić information content (AvgIpc) is 3.35. The van der Waals surface area contributed by atoms with Gasteiger partial charge in [0.25, 0.3) is 0 Å². The first-order valence-electron chi connectivity index (χ1n) is 11.4. The minimum atomic E-state index is -3.91. The van der Waals surface area contributed by atoms with Crippen LogP contribution in [0.2, 0.25) is 0 Å². The van der Waals surface area contributed by atoms with E-state index in [1.165, 1.54) is 7.11 Å². The van der Waals surface area contributed by atoms with Crippen molar-refractivity contribution in [3.63, 3.8) is 0 Å². The number of carbonyl (C=O) groups is 1. The van der Waals surface area contributed by atoms with E-state index in [0.29, 0.717) is 5.56 Å². The molecule has 2 aromatic carbocycles. The number of ether oxygens (including phenoxy) is 3. The molecule has 0 unspecified atom stereocenters. The van der Waals surface area contributed by atoms with Crippen LogP contribution in [0.4, 0.5) is 0 Å². The number of aryl methyl sites for hydroxylation is 1. The molecule has 0 saturated carbocycles. The van der Waals surface area contributed by atoms with E-state index in [9.17, 15) is 13.2 Å². The highest BCUT2D eigenvalue weighted by Crippen LogP contribution is 2.42. The molecule has 9 heteroatoms. The zero-order valence-electron chi connectivity index (χ0n) is 19.9. The lowest BCUT2D eigenvalue weighted by molar-refractivity contribution is -0.144. The van der Waals surface area contributed by atoms with Gasteiger partial charge >= 0.3 is 5.97 Å². The zero-order chi connectivity index (χ0) is 25.0. The average molecular weight is 497 g/mol. The van der Waals surface area contributed by atoms with Crippen molar-refractivity contribution < 1.29 is 27.4 Å². The van der Waals surface area contributed by atoms with E-state index in [2.05, 4.69) is 9.71 Å². The van der Waals surface area contributed by atoms with Crippen LogP contribution in [0, 0.1) is 6.92 Å². The summed E-state index contributed by atoms with van der Waals surface area (Å²) in [5.41, 5.74) is 2.63. The number of nitrogens with one attached hydrogen (secondary N) is 2. The monoisotopic (exact) mass is 496 g/mol. The molecule has 1 fully saturated rings. The third-order valence-electron chi connectivity index (χ3n) is 6.50. The van der Waals surface area contributed by atoms with Crippen molar-refractivity contribution in [1.29, 1.82) is 0 Å². The number of rotatable bonds is 5. The van der Waals surface area contributed by atoms with Gasteiger partial charge in [-0.3, -0.25) is 0 Å². The summed E-state index contributed by atoms with van der Waals surface area (Å²) < 4.78 is 47.1. The van der Waals surface area contributed by atoms with Gasteiger partial charge in [0, 0.05) is 22.4 Å². The first-order valence-corrected chi connectivity index (χ1v) is 12.9. The highest BCUT2D eigenvalue weighted by molar-refractivity contribution is 7.89. The molecule has 2 aliphatic rings. The fourth-order valence-electron chi connectivity index (χ4n) is 4.95. The van der Waals surface area contributed by atoms with Crippen LogP contribution in [-0.4, -0.2) is 50.5 Å². The maximum absolute atomic E-state index is 13.5. The van der Waals surface area contributed by atoms with Gasteiger partial charge in [-0.1, -0.05) is 48.0 Å². The number of esters is 1. The van der Waals surface area contributed by atoms with Gasteiger partial charge in [0.1, 0.15) is 17.9 Å². The van der Waals surface area contributed by atoms with Crippen LogP contribution < -0.4 is 4.72 Å². The number of sulfonamides is 1. The van der Waals surface area contributed by atoms with Gasteiger partial charge in [-0.05, 0) is 39.0 Å². The lowest BCUT2D eigenvalue weighted by atomic mass is 9.81.